The molecule has 0 radical (unpaired) electrons. The first-order valence-corrected chi connectivity index (χ1v) is 7.61. The highest BCUT2D eigenvalue weighted by atomic mass is 16.5. The number of esters is 1. The summed E-state index contributed by atoms with van der Waals surface area (Å²) >= 11 is 0. The van der Waals surface area contributed by atoms with E-state index in [1.807, 2.05) is 13.8 Å². The van der Waals surface area contributed by atoms with Crippen LogP contribution in [0, 0.1) is 5.41 Å². The summed E-state index contributed by atoms with van der Waals surface area (Å²) in [6.45, 7) is 6.73. The van der Waals surface area contributed by atoms with Gasteiger partial charge >= 0.3 is 5.97 Å². The fourth-order valence-corrected chi connectivity index (χ4v) is 3.43. The molecule has 0 N–H and O–H groups in total. The lowest BCUT2D eigenvalue weighted by atomic mass is 9.66. The van der Waals surface area contributed by atoms with Gasteiger partial charge in [-0.05, 0) is 77.9 Å². The van der Waals surface area contributed by atoms with Crippen LogP contribution < -0.4 is 0 Å². The van der Waals surface area contributed by atoms with E-state index in [1.54, 1.807) is 0 Å². The van der Waals surface area contributed by atoms with Crippen LogP contribution in [-0.2, 0) is 9.53 Å². The molecular weight excluding hydrogens is 238 g/mol. The number of hydrogen-bond acceptors (Lipinski definition) is 3. The van der Waals surface area contributed by atoms with Gasteiger partial charge in [0.2, 0.25) is 0 Å². The lowest BCUT2D eigenvalue weighted by molar-refractivity contribution is -0.138. The highest BCUT2D eigenvalue weighted by molar-refractivity contribution is 5.88. The Hall–Kier alpha value is -0.830. The number of piperidine rings is 1. The number of allylic oxidation sites excluding steroid dienone is 1. The molecule has 19 heavy (non-hydrogen) atoms. The van der Waals surface area contributed by atoms with Crippen molar-refractivity contribution in [1.82, 2.24) is 4.90 Å². The molecule has 108 valence electrons. The predicted molar refractivity (Wildman–Crippen MR) is 77.0 cm³/mol. The van der Waals surface area contributed by atoms with Crippen LogP contribution in [0.1, 0.15) is 52.4 Å². The predicted octanol–water partition coefficient (Wildman–Crippen LogP) is 3.15. The normalized spacial score (nSPS) is 23.4. The van der Waals surface area contributed by atoms with Crippen molar-refractivity contribution >= 4 is 5.97 Å². The standard InChI is InChI=1S/C16H27NO2/c1-4-19-15(18)13(2)14-5-7-16(8-6-14)9-11-17(3)12-10-16/h4-12H2,1-3H3. The van der Waals surface area contributed by atoms with E-state index in [1.165, 1.54) is 44.3 Å². The molecule has 1 aliphatic carbocycles. The number of likely N-dealkylation sites (tertiary alicyclic amines) is 1. The Morgan fingerprint density at radius 2 is 1.79 bits per heavy atom. The third kappa shape index (κ3) is 3.38. The van der Waals surface area contributed by atoms with Crippen LogP contribution >= 0.6 is 0 Å². The Labute approximate surface area is 117 Å². The summed E-state index contributed by atoms with van der Waals surface area (Å²) in [6.07, 6.45) is 7.35. The van der Waals surface area contributed by atoms with E-state index >= 15 is 0 Å². The SMILES string of the molecule is CCOC(=O)C(C)=C1CCC2(CC1)CCN(C)CC2. The molecule has 0 unspecified atom stereocenters. The second kappa shape index (κ2) is 6.08. The van der Waals surface area contributed by atoms with E-state index in [4.69, 9.17) is 4.74 Å². The van der Waals surface area contributed by atoms with Gasteiger partial charge in [0.25, 0.3) is 0 Å². The van der Waals surface area contributed by atoms with Crippen LogP contribution in [0.3, 0.4) is 0 Å². The molecule has 0 bridgehead atoms. The van der Waals surface area contributed by atoms with Crippen LogP contribution in [-0.4, -0.2) is 37.6 Å². The van der Waals surface area contributed by atoms with Crippen molar-refractivity contribution in [2.45, 2.75) is 52.4 Å². The molecule has 3 heteroatoms. The van der Waals surface area contributed by atoms with E-state index < -0.39 is 0 Å². The second-order valence-electron chi connectivity index (χ2n) is 6.25. The lowest BCUT2D eigenvalue weighted by Gasteiger charge is -2.44. The Bertz CT molecular complexity index is 353. The minimum absolute atomic E-state index is 0.114. The largest absolute Gasteiger partial charge is 0.463 e. The van der Waals surface area contributed by atoms with Crippen LogP contribution in [0.15, 0.2) is 11.1 Å². The molecular formula is C16H27NO2. The number of carbonyl (C=O) groups is 1. The third-order valence-electron chi connectivity index (χ3n) is 5.07. The quantitative estimate of drug-likeness (QED) is 0.567. The number of rotatable bonds is 2. The fraction of sp³-hybridized carbons (Fsp3) is 0.812. The first-order valence-electron chi connectivity index (χ1n) is 7.61. The van der Waals surface area contributed by atoms with Gasteiger partial charge in [-0.15, -0.1) is 0 Å². The molecule has 2 fully saturated rings. The van der Waals surface area contributed by atoms with Gasteiger partial charge in [-0.1, -0.05) is 5.57 Å². The summed E-state index contributed by atoms with van der Waals surface area (Å²) in [5, 5.41) is 0. The smallest absolute Gasteiger partial charge is 0.333 e. The van der Waals surface area contributed by atoms with Crippen molar-refractivity contribution < 1.29 is 9.53 Å². The topological polar surface area (TPSA) is 29.5 Å². The molecule has 0 atom stereocenters. The van der Waals surface area contributed by atoms with Crippen molar-refractivity contribution in [3.63, 3.8) is 0 Å². The Kier molecular flexibility index (Phi) is 4.67. The summed E-state index contributed by atoms with van der Waals surface area (Å²) in [7, 11) is 2.21. The van der Waals surface area contributed by atoms with Crippen LogP contribution in [0.4, 0.5) is 0 Å². The molecule has 1 saturated carbocycles. The van der Waals surface area contributed by atoms with Gasteiger partial charge in [0.1, 0.15) is 0 Å². The zero-order chi connectivity index (χ0) is 13.9. The molecule has 2 rings (SSSR count). The monoisotopic (exact) mass is 265 g/mol. The van der Waals surface area contributed by atoms with E-state index in [0.29, 0.717) is 12.0 Å². The van der Waals surface area contributed by atoms with Crippen molar-refractivity contribution in [2.24, 2.45) is 5.41 Å². The van der Waals surface area contributed by atoms with Crippen molar-refractivity contribution in [3.05, 3.63) is 11.1 Å². The minimum atomic E-state index is -0.114. The lowest BCUT2D eigenvalue weighted by Crippen LogP contribution is -2.39. The fourth-order valence-electron chi connectivity index (χ4n) is 3.43. The van der Waals surface area contributed by atoms with E-state index in [-0.39, 0.29) is 5.97 Å². The Morgan fingerprint density at radius 1 is 1.21 bits per heavy atom. The molecule has 1 heterocycles. The highest BCUT2D eigenvalue weighted by Crippen LogP contribution is 2.46. The molecule has 0 aromatic carbocycles. The van der Waals surface area contributed by atoms with Gasteiger partial charge in [0.05, 0.1) is 6.61 Å². The van der Waals surface area contributed by atoms with Gasteiger partial charge in [0.15, 0.2) is 0 Å². The third-order valence-corrected chi connectivity index (χ3v) is 5.07. The van der Waals surface area contributed by atoms with E-state index in [9.17, 15) is 4.79 Å². The average molecular weight is 265 g/mol. The zero-order valence-electron chi connectivity index (χ0n) is 12.6. The second-order valence-corrected chi connectivity index (χ2v) is 6.25. The van der Waals surface area contributed by atoms with Gasteiger partial charge < -0.3 is 9.64 Å². The molecule has 1 saturated heterocycles. The molecule has 2 aliphatic rings. The van der Waals surface area contributed by atoms with Crippen LogP contribution in [0.5, 0.6) is 0 Å². The number of ether oxygens (including phenoxy) is 1. The molecule has 3 nitrogen and oxygen atoms in total. The summed E-state index contributed by atoms with van der Waals surface area (Å²) in [5.41, 5.74) is 2.76. The van der Waals surface area contributed by atoms with Gasteiger partial charge in [-0.2, -0.15) is 0 Å². The van der Waals surface area contributed by atoms with E-state index in [0.717, 1.165) is 18.4 Å². The van der Waals surface area contributed by atoms with Crippen molar-refractivity contribution in [2.75, 3.05) is 26.7 Å². The van der Waals surface area contributed by atoms with Crippen LogP contribution in [0.2, 0.25) is 0 Å². The summed E-state index contributed by atoms with van der Waals surface area (Å²) in [4.78, 5) is 14.2. The highest BCUT2D eigenvalue weighted by Gasteiger charge is 2.36. The Morgan fingerprint density at radius 3 is 2.32 bits per heavy atom. The molecule has 1 aliphatic heterocycles. The molecule has 0 aromatic rings. The maximum atomic E-state index is 11.8. The maximum absolute atomic E-state index is 11.8. The summed E-state index contributed by atoms with van der Waals surface area (Å²) in [6, 6.07) is 0. The number of hydrogen-bond donors (Lipinski definition) is 0. The number of carbonyl (C=O) groups excluding carboxylic acids is 1. The van der Waals surface area contributed by atoms with Gasteiger partial charge in [0, 0.05) is 5.57 Å². The van der Waals surface area contributed by atoms with E-state index in [2.05, 4.69) is 11.9 Å². The van der Waals surface area contributed by atoms with Crippen molar-refractivity contribution in [3.8, 4) is 0 Å². The van der Waals surface area contributed by atoms with Crippen molar-refractivity contribution in [1.29, 1.82) is 0 Å². The van der Waals surface area contributed by atoms with Crippen LogP contribution in [0.25, 0.3) is 0 Å². The first kappa shape index (κ1) is 14.6. The zero-order valence-corrected chi connectivity index (χ0v) is 12.6. The Balaban J connectivity index is 1.95. The molecule has 1 spiro atoms. The molecule has 0 amide bonds. The minimum Gasteiger partial charge on any atom is -0.463 e. The number of nitrogens with zero attached hydrogens (tertiary/aromatic N) is 1. The molecule has 0 aromatic heterocycles. The summed E-state index contributed by atoms with van der Waals surface area (Å²) < 4.78 is 5.10. The van der Waals surface area contributed by atoms with Gasteiger partial charge in [-0.3, -0.25) is 0 Å². The maximum Gasteiger partial charge on any atom is 0.333 e. The first-order chi connectivity index (χ1) is 9.06. The van der Waals surface area contributed by atoms with Gasteiger partial charge in [-0.25, -0.2) is 4.79 Å². The average Bonchev–Trinajstić information content (AvgIpc) is 2.43. The summed E-state index contributed by atoms with van der Waals surface area (Å²) in [5.74, 6) is -0.114.